The van der Waals surface area contributed by atoms with Crippen LogP contribution in [-0.2, 0) is 14.8 Å². The predicted octanol–water partition coefficient (Wildman–Crippen LogP) is 0.717. The van der Waals surface area contributed by atoms with E-state index in [-0.39, 0.29) is 18.5 Å². The van der Waals surface area contributed by atoms with Gasteiger partial charge in [0, 0.05) is 12.6 Å². The summed E-state index contributed by atoms with van der Waals surface area (Å²) in [6, 6.07) is 0.0476. The molecule has 5 nitrogen and oxygen atoms in total. The van der Waals surface area contributed by atoms with Gasteiger partial charge in [-0.15, -0.1) is 0 Å². The van der Waals surface area contributed by atoms with E-state index < -0.39 is 10.0 Å². The van der Waals surface area contributed by atoms with Gasteiger partial charge >= 0.3 is 0 Å². The number of nitrogens with one attached hydrogen (secondary N) is 1. The van der Waals surface area contributed by atoms with Crippen LogP contribution in [-0.4, -0.2) is 44.0 Å². The molecule has 100 valence electrons. The molecule has 1 aliphatic rings. The van der Waals surface area contributed by atoms with Crippen molar-refractivity contribution >= 4 is 15.9 Å². The largest absolute Gasteiger partial charge is 0.355 e. The molecule has 0 aliphatic heterocycles. The molecule has 1 rings (SSSR count). The summed E-state index contributed by atoms with van der Waals surface area (Å²) in [4.78, 5) is 11.6. The van der Waals surface area contributed by atoms with Crippen molar-refractivity contribution in [1.82, 2.24) is 9.62 Å². The Hall–Kier alpha value is -0.620. The number of sulfonamides is 1. The van der Waals surface area contributed by atoms with E-state index >= 15 is 0 Å². The zero-order valence-electron chi connectivity index (χ0n) is 10.6. The summed E-state index contributed by atoms with van der Waals surface area (Å²) in [5.74, 6) is -0.196. The quantitative estimate of drug-likeness (QED) is 0.655. The molecule has 0 radical (unpaired) electrons. The predicted molar refractivity (Wildman–Crippen MR) is 67.1 cm³/mol. The maximum Gasteiger partial charge on any atom is 0.235 e. The Balaban J connectivity index is 2.32. The van der Waals surface area contributed by atoms with Gasteiger partial charge in [0.05, 0.1) is 12.8 Å². The van der Waals surface area contributed by atoms with Crippen LogP contribution in [0.1, 0.15) is 39.0 Å². The monoisotopic (exact) mass is 262 g/mol. The minimum absolute atomic E-state index is 0.0321. The van der Waals surface area contributed by atoms with Crippen LogP contribution in [0.25, 0.3) is 0 Å². The van der Waals surface area contributed by atoms with Crippen LogP contribution in [0, 0.1) is 0 Å². The molecule has 0 aromatic carbocycles. The smallest absolute Gasteiger partial charge is 0.235 e. The first-order valence-corrected chi connectivity index (χ1v) is 8.03. The average molecular weight is 262 g/mol. The fourth-order valence-corrected chi connectivity index (χ4v) is 2.78. The second-order valence-electron chi connectivity index (χ2n) is 4.60. The van der Waals surface area contributed by atoms with Crippen molar-refractivity contribution in [2.24, 2.45) is 0 Å². The van der Waals surface area contributed by atoms with Gasteiger partial charge in [0.25, 0.3) is 0 Å². The first-order valence-electron chi connectivity index (χ1n) is 6.18. The minimum atomic E-state index is -3.26. The summed E-state index contributed by atoms with van der Waals surface area (Å²) in [6.07, 6.45) is 6.04. The third-order valence-corrected chi connectivity index (χ3v) is 4.06. The topological polar surface area (TPSA) is 66.5 Å². The van der Waals surface area contributed by atoms with E-state index in [1.54, 1.807) is 0 Å². The highest BCUT2D eigenvalue weighted by Crippen LogP contribution is 2.28. The fraction of sp³-hybridized carbons (Fsp3) is 0.909. The molecule has 17 heavy (non-hydrogen) atoms. The highest BCUT2D eigenvalue weighted by Gasteiger charge is 2.35. The van der Waals surface area contributed by atoms with Gasteiger partial charge in [0.15, 0.2) is 0 Å². The van der Waals surface area contributed by atoms with Crippen molar-refractivity contribution < 1.29 is 13.2 Å². The Morgan fingerprint density at radius 1 is 1.35 bits per heavy atom. The Morgan fingerprint density at radius 2 is 2.00 bits per heavy atom. The van der Waals surface area contributed by atoms with E-state index in [0.717, 1.165) is 38.4 Å². The minimum Gasteiger partial charge on any atom is -0.355 e. The molecular weight excluding hydrogens is 240 g/mol. The summed E-state index contributed by atoms with van der Waals surface area (Å²) in [7, 11) is -3.26. The molecule has 1 fully saturated rings. The maximum absolute atomic E-state index is 11.6. The van der Waals surface area contributed by atoms with Crippen LogP contribution in [0.5, 0.6) is 0 Å². The first kappa shape index (κ1) is 14.4. The van der Waals surface area contributed by atoms with E-state index in [0.29, 0.717) is 6.54 Å². The number of unbranched alkanes of at least 4 members (excludes halogenated alkanes) is 2. The Labute approximate surface area is 104 Å². The molecule has 1 N–H and O–H groups in total. The van der Waals surface area contributed by atoms with Gasteiger partial charge in [-0.2, -0.15) is 4.31 Å². The summed E-state index contributed by atoms with van der Waals surface area (Å²) in [5.41, 5.74) is 0. The van der Waals surface area contributed by atoms with Crippen molar-refractivity contribution in [3.8, 4) is 0 Å². The van der Waals surface area contributed by atoms with Crippen LogP contribution < -0.4 is 5.32 Å². The molecule has 0 aromatic rings. The normalized spacial score (nSPS) is 16.2. The van der Waals surface area contributed by atoms with Crippen molar-refractivity contribution in [2.45, 2.75) is 45.1 Å². The number of nitrogens with zero attached hydrogens (tertiary/aromatic N) is 1. The molecule has 6 heteroatoms. The van der Waals surface area contributed by atoms with Crippen LogP contribution in [0.3, 0.4) is 0 Å². The Bertz CT molecular complexity index is 350. The van der Waals surface area contributed by atoms with Crippen molar-refractivity contribution in [1.29, 1.82) is 0 Å². The molecule has 0 bridgehead atoms. The lowest BCUT2D eigenvalue weighted by molar-refractivity contribution is -0.121. The lowest BCUT2D eigenvalue weighted by Gasteiger charge is -2.18. The molecule has 1 amide bonds. The molecular formula is C11H22N2O3S. The summed E-state index contributed by atoms with van der Waals surface area (Å²) in [5, 5.41) is 2.76. The lowest BCUT2D eigenvalue weighted by atomic mass is 10.2. The highest BCUT2D eigenvalue weighted by atomic mass is 32.2. The van der Waals surface area contributed by atoms with Gasteiger partial charge in [0.2, 0.25) is 15.9 Å². The van der Waals surface area contributed by atoms with E-state index in [4.69, 9.17) is 0 Å². The van der Waals surface area contributed by atoms with Gasteiger partial charge in [-0.3, -0.25) is 4.79 Å². The van der Waals surface area contributed by atoms with Gasteiger partial charge in [0.1, 0.15) is 0 Å². The lowest BCUT2D eigenvalue weighted by Crippen LogP contribution is -2.41. The van der Waals surface area contributed by atoms with Crippen molar-refractivity contribution in [3.63, 3.8) is 0 Å². The van der Waals surface area contributed by atoms with E-state index in [1.807, 2.05) is 0 Å². The molecule has 0 heterocycles. The second-order valence-corrected chi connectivity index (χ2v) is 6.53. The first-order chi connectivity index (χ1) is 7.95. The number of rotatable bonds is 8. The molecule has 0 unspecified atom stereocenters. The van der Waals surface area contributed by atoms with Crippen LogP contribution in [0.15, 0.2) is 0 Å². The van der Waals surface area contributed by atoms with E-state index in [1.165, 1.54) is 4.31 Å². The number of hydrogen-bond acceptors (Lipinski definition) is 3. The third-order valence-electron chi connectivity index (χ3n) is 2.78. The summed E-state index contributed by atoms with van der Waals surface area (Å²) >= 11 is 0. The maximum atomic E-state index is 11.6. The number of amides is 1. The molecule has 1 saturated carbocycles. The highest BCUT2D eigenvalue weighted by molar-refractivity contribution is 7.88. The molecule has 0 spiro atoms. The zero-order valence-corrected chi connectivity index (χ0v) is 11.4. The number of carbonyl (C=O) groups is 1. The Morgan fingerprint density at radius 3 is 2.47 bits per heavy atom. The van der Waals surface area contributed by atoms with Gasteiger partial charge < -0.3 is 5.32 Å². The Kier molecular flexibility index (Phi) is 5.39. The standard InChI is InChI=1S/C11H22N2O3S/c1-3-4-5-8-12-11(14)9-13(10-6-7-10)17(2,15)16/h10H,3-9H2,1-2H3,(H,12,14). The van der Waals surface area contributed by atoms with Crippen LogP contribution in [0.2, 0.25) is 0 Å². The van der Waals surface area contributed by atoms with Crippen molar-refractivity contribution in [3.05, 3.63) is 0 Å². The molecule has 0 aromatic heterocycles. The summed E-state index contributed by atoms with van der Waals surface area (Å²) in [6.45, 7) is 2.70. The third kappa shape index (κ3) is 5.50. The second kappa shape index (κ2) is 6.35. The fourth-order valence-electron chi connectivity index (χ4n) is 1.68. The SMILES string of the molecule is CCCCCNC(=O)CN(C1CC1)S(C)(=O)=O. The van der Waals surface area contributed by atoms with Crippen LogP contribution in [0.4, 0.5) is 0 Å². The zero-order chi connectivity index (χ0) is 12.9. The van der Waals surface area contributed by atoms with Gasteiger partial charge in [-0.1, -0.05) is 19.8 Å². The van der Waals surface area contributed by atoms with Crippen molar-refractivity contribution in [2.75, 3.05) is 19.3 Å². The van der Waals surface area contributed by atoms with Gasteiger partial charge in [-0.25, -0.2) is 8.42 Å². The van der Waals surface area contributed by atoms with E-state index in [9.17, 15) is 13.2 Å². The number of hydrogen-bond donors (Lipinski definition) is 1. The average Bonchev–Trinajstić information content (AvgIpc) is 3.03. The van der Waals surface area contributed by atoms with E-state index in [2.05, 4.69) is 12.2 Å². The molecule has 0 atom stereocenters. The molecule has 1 aliphatic carbocycles. The van der Waals surface area contributed by atoms with Crippen LogP contribution >= 0.6 is 0 Å². The molecule has 0 saturated heterocycles. The van der Waals surface area contributed by atoms with Gasteiger partial charge in [-0.05, 0) is 19.3 Å². The number of carbonyl (C=O) groups excluding carboxylic acids is 1. The summed E-state index contributed by atoms with van der Waals surface area (Å²) < 4.78 is 24.2.